The van der Waals surface area contributed by atoms with Crippen LogP contribution in [0.5, 0.6) is 0 Å². The van der Waals surface area contributed by atoms with E-state index in [1.165, 1.54) is 6.26 Å². The highest BCUT2D eigenvalue weighted by molar-refractivity contribution is 7.85. The molecule has 0 amide bonds. The van der Waals surface area contributed by atoms with Gasteiger partial charge in [0.1, 0.15) is 5.78 Å². The van der Waals surface area contributed by atoms with Gasteiger partial charge in [-0.05, 0) is 18.1 Å². The monoisotopic (exact) mass is 322 g/mol. The molecular formula is C13H26O5SSi. The van der Waals surface area contributed by atoms with Crippen LogP contribution in [-0.4, -0.2) is 47.5 Å². The van der Waals surface area contributed by atoms with Crippen molar-refractivity contribution in [3.8, 4) is 0 Å². The topological polar surface area (TPSA) is 80.7 Å². The Morgan fingerprint density at radius 2 is 1.75 bits per heavy atom. The Hall–Kier alpha value is -0.533. The molecule has 0 aromatic carbocycles. The van der Waals surface area contributed by atoms with Crippen LogP contribution in [0.25, 0.3) is 0 Å². The molecule has 0 saturated heterocycles. The van der Waals surface area contributed by atoms with Gasteiger partial charge in [-0.3, -0.25) is 13.8 Å². The van der Waals surface area contributed by atoms with E-state index in [-0.39, 0.29) is 29.4 Å². The number of rotatable bonds is 8. The number of ketones is 1. The Bertz CT molecular complexity index is 387. The molecule has 0 aliphatic rings. The number of aliphatic carboxylic acids is 1. The van der Waals surface area contributed by atoms with Gasteiger partial charge in [0.25, 0.3) is 0 Å². The van der Waals surface area contributed by atoms with Crippen LogP contribution in [0, 0.1) is 0 Å². The number of carboxylic acids is 1. The molecule has 0 aromatic heterocycles. The first-order valence-corrected chi connectivity index (χ1v) is 11.2. The van der Waals surface area contributed by atoms with Gasteiger partial charge in [-0.25, -0.2) is 0 Å². The molecule has 0 saturated carbocycles. The minimum Gasteiger partial charge on any atom is -0.481 e. The van der Waals surface area contributed by atoms with E-state index in [4.69, 9.17) is 9.53 Å². The molecule has 7 heteroatoms. The maximum atomic E-state index is 11.7. The molecule has 0 aliphatic carbocycles. The Morgan fingerprint density at radius 3 is 2.10 bits per heavy atom. The predicted molar refractivity (Wildman–Crippen MR) is 82.9 cm³/mol. The summed E-state index contributed by atoms with van der Waals surface area (Å²) in [6.45, 7) is 10.2. The molecular weight excluding hydrogens is 296 g/mol. The van der Waals surface area contributed by atoms with E-state index < -0.39 is 31.2 Å². The highest BCUT2D eigenvalue weighted by Crippen LogP contribution is 2.38. The van der Waals surface area contributed by atoms with Crippen molar-refractivity contribution in [2.24, 2.45) is 0 Å². The van der Waals surface area contributed by atoms with Crippen LogP contribution in [0.2, 0.25) is 18.1 Å². The highest BCUT2D eigenvalue weighted by Gasteiger charge is 2.39. The molecule has 0 heterocycles. The third-order valence-corrected chi connectivity index (χ3v) is 8.75. The van der Waals surface area contributed by atoms with E-state index in [2.05, 4.69) is 20.8 Å². The zero-order valence-corrected chi connectivity index (χ0v) is 15.0. The maximum Gasteiger partial charge on any atom is 0.305 e. The summed E-state index contributed by atoms with van der Waals surface area (Å²) < 4.78 is 17.0. The third kappa shape index (κ3) is 7.30. The van der Waals surface area contributed by atoms with Crippen molar-refractivity contribution in [2.45, 2.75) is 57.8 Å². The fraction of sp³-hybridized carbons (Fsp3) is 0.846. The number of Topliss-reactive ketones (excluding diaryl/α,β-unsaturated/α-hetero) is 1. The lowest BCUT2D eigenvalue weighted by Gasteiger charge is -2.39. The van der Waals surface area contributed by atoms with Gasteiger partial charge >= 0.3 is 5.97 Å². The fourth-order valence-electron chi connectivity index (χ4n) is 1.48. The molecule has 118 valence electrons. The van der Waals surface area contributed by atoms with E-state index in [0.29, 0.717) is 0 Å². The normalized spacial score (nSPS) is 15.7. The summed E-state index contributed by atoms with van der Waals surface area (Å²) in [5.41, 5.74) is 0. The van der Waals surface area contributed by atoms with Crippen LogP contribution in [0.3, 0.4) is 0 Å². The first-order chi connectivity index (χ1) is 8.85. The quantitative estimate of drug-likeness (QED) is 0.693. The van der Waals surface area contributed by atoms with Crippen LogP contribution in [-0.2, 0) is 24.8 Å². The molecule has 0 aromatic rings. The van der Waals surface area contributed by atoms with Gasteiger partial charge in [-0.1, -0.05) is 20.8 Å². The van der Waals surface area contributed by atoms with Gasteiger partial charge in [0.2, 0.25) is 0 Å². The van der Waals surface area contributed by atoms with E-state index in [9.17, 15) is 13.8 Å². The number of carbonyl (C=O) groups is 2. The van der Waals surface area contributed by atoms with E-state index >= 15 is 0 Å². The molecule has 2 unspecified atom stereocenters. The number of hydrogen-bond acceptors (Lipinski definition) is 4. The van der Waals surface area contributed by atoms with Crippen LogP contribution < -0.4 is 0 Å². The Labute approximate surface area is 124 Å². The summed E-state index contributed by atoms with van der Waals surface area (Å²) in [6, 6.07) is 0. The molecule has 0 rings (SSSR count). The van der Waals surface area contributed by atoms with Crippen molar-refractivity contribution < 1.29 is 23.3 Å². The first-order valence-electron chi connectivity index (χ1n) is 6.56. The van der Waals surface area contributed by atoms with E-state index in [1.54, 1.807) is 0 Å². The van der Waals surface area contributed by atoms with Crippen molar-refractivity contribution in [1.82, 2.24) is 0 Å². The smallest absolute Gasteiger partial charge is 0.305 e. The standard InChI is InChI=1S/C13H26O5SSi/c1-13(2,3)20(5,6)18-11(8-12(15)16)7-10(14)9-19(4)17/h11H,7-9H2,1-6H3,(H,15,16). The number of carboxylic acid groups (broad SMARTS) is 1. The summed E-state index contributed by atoms with van der Waals surface area (Å²) in [5.74, 6) is -1.24. The lowest BCUT2D eigenvalue weighted by molar-refractivity contribution is -0.139. The third-order valence-electron chi connectivity index (χ3n) is 3.49. The van der Waals surface area contributed by atoms with Gasteiger partial charge in [0, 0.05) is 23.5 Å². The van der Waals surface area contributed by atoms with Gasteiger partial charge < -0.3 is 9.53 Å². The summed E-state index contributed by atoms with van der Waals surface area (Å²) in [4.78, 5) is 22.6. The van der Waals surface area contributed by atoms with Crippen molar-refractivity contribution >= 4 is 30.9 Å². The summed E-state index contributed by atoms with van der Waals surface area (Å²) in [6.07, 6.45) is 0.635. The van der Waals surface area contributed by atoms with E-state index in [0.717, 1.165) is 0 Å². The Kier molecular flexibility index (Phi) is 7.27. The summed E-state index contributed by atoms with van der Waals surface area (Å²) >= 11 is 0. The number of hydrogen-bond donors (Lipinski definition) is 1. The fourth-order valence-corrected chi connectivity index (χ4v) is 3.41. The molecule has 2 atom stereocenters. The van der Waals surface area contributed by atoms with Crippen LogP contribution >= 0.6 is 0 Å². The molecule has 0 bridgehead atoms. The largest absolute Gasteiger partial charge is 0.481 e. The van der Waals surface area contributed by atoms with Gasteiger partial charge in [-0.15, -0.1) is 0 Å². The zero-order valence-electron chi connectivity index (χ0n) is 13.2. The average molecular weight is 322 g/mol. The second-order valence-electron chi connectivity index (χ2n) is 6.56. The molecule has 1 N–H and O–H groups in total. The Balaban J connectivity index is 4.86. The van der Waals surface area contributed by atoms with Gasteiger partial charge in [0.15, 0.2) is 8.32 Å². The van der Waals surface area contributed by atoms with Gasteiger partial charge in [0.05, 0.1) is 18.3 Å². The van der Waals surface area contributed by atoms with Crippen molar-refractivity contribution in [3.05, 3.63) is 0 Å². The molecule has 0 fully saturated rings. The van der Waals surface area contributed by atoms with E-state index in [1.807, 2.05) is 13.1 Å². The molecule has 20 heavy (non-hydrogen) atoms. The van der Waals surface area contributed by atoms with Crippen LogP contribution in [0.15, 0.2) is 0 Å². The SMILES string of the molecule is CS(=O)CC(=O)CC(CC(=O)O)O[Si](C)(C)C(C)(C)C. The molecule has 0 radical (unpaired) electrons. The van der Waals surface area contributed by atoms with Crippen LogP contribution in [0.4, 0.5) is 0 Å². The predicted octanol–water partition coefficient (Wildman–Crippen LogP) is 2.19. The van der Waals surface area contributed by atoms with Crippen LogP contribution in [0.1, 0.15) is 33.6 Å². The summed E-state index contributed by atoms with van der Waals surface area (Å²) in [5, 5.41) is 8.89. The minimum absolute atomic E-state index is 0.0123. The van der Waals surface area contributed by atoms with Crippen molar-refractivity contribution in [3.63, 3.8) is 0 Å². The van der Waals surface area contributed by atoms with Crippen molar-refractivity contribution in [2.75, 3.05) is 12.0 Å². The van der Waals surface area contributed by atoms with Crippen molar-refractivity contribution in [1.29, 1.82) is 0 Å². The number of carbonyl (C=O) groups excluding carboxylic acids is 1. The lowest BCUT2D eigenvalue weighted by atomic mass is 10.1. The second-order valence-corrected chi connectivity index (χ2v) is 12.7. The van der Waals surface area contributed by atoms with Gasteiger partial charge in [-0.2, -0.15) is 0 Å². The lowest BCUT2D eigenvalue weighted by Crippen LogP contribution is -2.45. The molecule has 0 spiro atoms. The second kappa shape index (κ2) is 7.47. The minimum atomic E-state index is -2.13. The molecule has 0 aliphatic heterocycles. The highest BCUT2D eigenvalue weighted by atomic mass is 32.2. The Morgan fingerprint density at radius 1 is 1.25 bits per heavy atom. The molecule has 5 nitrogen and oxygen atoms in total. The first kappa shape index (κ1) is 19.5. The average Bonchev–Trinajstić information content (AvgIpc) is 2.10. The zero-order chi connectivity index (χ0) is 16.1. The summed E-state index contributed by atoms with van der Waals surface area (Å²) in [7, 11) is -3.34. The maximum absolute atomic E-state index is 11.7.